The Kier molecular flexibility index (Phi) is 14.3. The number of phosphoric acid groups is 1. The molecular weight excluding hydrogens is 395 g/mol. The third kappa shape index (κ3) is 12.7. The standard InChI is InChI=1S/C21H43O7P/c1-5-20(6-2,17-19(22)23)13-9-11-15-27-16-12-10-14-21(7-3,8-4)18-28-29(24,25)26/h5-18H2,1-4H3,(H,22,23)(H2,24,25,26). The van der Waals surface area contributed by atoms with E-state index in [9.17, 15) is 9.36 Å². The maximum Gasteiger partial charge on any atom is 0.469 e. The van der Waals surface area contributed by atoms with Crippen LogP contribution in [0, 0.1) is 10.8 Å². The van der Waals surface area contributed by atoms with Crippen LogP contribution >= 0.6 is 7.82 Å². The molecule has 0 fully saturated rings. The van der Waals surface area contributed by atoms with Crippen molar-refractivity contribution in [3.05, 3.63) is 0 Å². The molecule has 0 saturated carbocycles. The third-order valence-electron chi connectivity index (χ3n) is 6.56. The molecule has 0 amide bonds. The Hall–Kier alpha value is -0.460. The Morgan fingerprint density at radius 1 is 0.828 bits per heavy atom. The summed E-state index contributed by atoms with van der Waals surface area (Å²) in [5.74, 6) is -0.716. The van der Waals surface area contributed by atoms with Crippen LogP contribution in [0.5, 0.6) is 0 Å². The number of unbranched alkanes of at least 4 members (excludes halogenated alkanes) is 2. The zero-order valence-corrected chi connectivity index (χ0v) is 19.7. The fourth-order valence-corrected chi connectivity index (χ4v) is 4.32. The lowest BCUT2D eigenvalue weighted by Crippen LogP contribution is -2.25. The quantitative estimate of drug-likeness (QED) is 0.179. The van der Waals surface area contributed by atoms with Gasteiger partial charge in [-0.05, 0) is 62.2 Å². The number of hydrogen-bond acceptors (Lipinski definition) is 4. The van der Waals surface area contributed by atoms with Gasteiger partial charge in [0.05, 0.1) is 13.0 Å². The first-order valence-electron chi connectivity index (χ1n) is 11.1. The molecule has 0 rings (SSSR count). The van der Waals surface area contributed by atoms with Crippen LogP contribution in [0.25, 0.3) is 0 Å². The minimum absolute atomic E-state index is 0.0814. The lowest BCUT2D eigenvalue weighted by atomic mass is 9.75. The summed E-state index contributed by atoms with van der Waals surface area (Å²) in [6.07, 6.45) is 9.17. The fraction of sp³-hybridized carbons (Fsp3) is 0.952. The molecule has 0 aromatic rings. The number of carboxylic acid groups (broad SMARTS) is 1. The van der Waals surface area contributed by atoms with Crippen LogP contribution in [0.3, 0.4) is 0 Å². The minimum Gasteiger partial charge on any atom is -0.481 e. The molecule has 0 aliphatic heterocycles. The van der Waals surface area contributed by atoms with Crippen LogP contribution in [0.1, 0.15) is 98.3 Å². The molecule has 7 nitrogen and oxygen atoms in total. The summed E-state index contributed by atoms with van der Waals surface area (Å²) >= 11 is 0. The summed E-state index contributed by atoms with van der Waals surface area (Å²) in [7, 11) is -4.43. The molecule has 8 heteroatoms. The van der Waals surface area contributed by atoms with Gasteiger partial charge in [0.15, 0.2) is 0 Å². The Balaban J connectivity index is 4.03. The second kappa shape index (κ2) is 14.5. The Morgan fingerprint density at radius 3 is 1.66 bits per heavy atom. The maximum absolute atomic E-state index is 11.1. The van der Waals surface area contributed by atoms with E-state index in [-0.39, 0.29) is 23.9 Å². The Labute approximate surface area is 176 Å². The van der Waals surface area contributed by atoms with Crippen LogP contribution in [0.15, 0.2) is 0 Å². The van der Waals surface area contributed by atoms with Gasteiger partial charge < -0.3 is 19.6 Å². The van der Waals surface area contributed by atoms with Gasteiger partial charge in [-0.2, -0.15) is 0 Å². The average molecular weight is 439 g/mol. The number of hydrogen-bond donors (Lipinski definition) is 3. The van der Waals surface area contributed by atoms with Gasteiger partial charge in [-0.3, -0.25) is 9.32 Å². The Morgan fingerprint density at radius 2 is 1.28 bits per heavy atom. The normalized spacial score (nSPS) is 13.0. The van der Waals surface area contributed by atoms with Crippen molar-refractivity contribution in [2.75, 3.05) is 19.8 Å². The van der Waals surface area contributed by atoms with Crippen molar-refractivity contribution < 1.29 is 33.5 Å². The highest BCUT2D eigenvalue weighted by Crippen LogP contribution is 2.42. The lowest BCUT2D eigenvalue weighted by Gasteiger charge is -2.31. The van der Waals surface area contributed by atoms with Crippen LogP contribution in [0.4, 0.5) is 0 Å². The van der Waals surface area contributed by atoms with Crippen LogP contribution < -0.4 is 0 Å². The molecular formula is C21H43O7P. The fourth-order valence-electron chi connectivity index (χ4n) is 3.87. The molecule has 0 heterocycles. The number of ether oxygens (including phenoxy) is 1. The van der Waals surface area contributed by atoms with E-state index in [0.29, 0.717) is 13.2 Å². The molecule has 29 heavy (non-hydrogen) atoms. The zero-order chi connectivity index (χ0) is 22.4. The molecule has 0 bridgehead atoms. The smallest absolute Gasteiger partial charge is 0.469 e. The first-order valence-corrected chi connectivity index (χ1v) is 12.6. The van der Waals surface area contributed by atoms with E-state index in [4.69, 9.17) is 24.2 Å². The summed E-state index contributed by atoms with van der Waals surface area (Å²) in [5, 5.41) is 9.13. The van der Waals surface area contributed by atoms with Gasteiger partial charge in [0.2, 0.25) is 0 Å². The second-order valence-electron chi connectivity index (χ2n) is 8.28. The Bertz CT molecular complexity index is 481. The van der Waals surface area contributed by atoms with E-state index >= 15 is 0 Å². The predicted octanol–water partition coefficient (Wildman–Crippen LogP) is 5.54. The largest absolute Gasteiger partial charge is 0.481 e. The van der Waals surface area contributed by atoms with Gasteiger partial charge in [-0.25, -0.2) is 4.57 Å². The van der Waals surface area contributed by atoms with Gasteiger partial charge >= 0.3 is 13.8 Å². The van der Waals surface area contributed by atoms with Gasteiger partial charge in [-0.1, -0.05) is 40.5 Å². The second-order valence-corrected chi connectivity index (χ2v) is 9.51. The van der Waals surface area contributed by atoms with Crippen LogP contribution in [-0.4, -0.2) is 40.7 Å². The average Bonchev–Trinajstić information content (AvgIpc) is 2.67. The van der Waals surface area contributed by atoms with Crippen molar-refractivity contribution in [2.24, 2.45) is 10.8 Å². The van der Waals surface area contributed by atoms with Crippen molar-refractivity contribution in [2.45, 2.75) is 98.3 Å². The summed E-state index contributed by atoms with van der Waals surface area (Å²) in [5.41, 5.74) is -0.292. The van der Waals surface area contributed by atoms with Crippen molar-refractivity contribution >= 4 is 13.8 Å². The minimum atomic E-state index is -4.43. The molecule has 0 aliphatic rings. The van der Waals surface area contributed by atoms with Gasteiger partial charge in [-0.15, -0.1) is 0 Å². The summed E-state index contributed by atoms with van der Waals surface area (Å²) in [6.45, 7) is 9.63. The highest BCUT2D eigenvalue weighted by molar-refractivity contribution is 7.46. The number of aliphatic carboxylic acids is 1. The topological polar surface area (TPSA) is 113 Å². The molecule has 0 unspecified atom stereocenters. The van der Waals surface area contributed by atoms with Gasteiger partial charge in [0.25, 0.3) is 0 Å². The number of phosphoric ester groups is 1. The molecule has 0 atom stereocenters. The first-order chi connectivity index (χ1) is 13.6. The zero-order valence-electron chi connectivity index (χ0n) is 18.8. The van der Waals surface area contributed by atoms with Crippen molar-refractivity contribution in [1.82, 2.24) is 0 Å². The van der Waals surface area contributed by atoms with E-state index < -0.39 is 13.8 Å². The molecule has 0 aromatic heterocycles. The highest BCUT2D eigenvalue weighted by Gasteiger charge is 2.30. The van der Waals surface area contributed by atoms with Gasteiger partial charge in [0, 0.05) is 13.2 Å². The van der Waals surface area contributed by atoms with Crippen LogP contribution in [0.2, 0.25) is 0 Å². The van der Waals surface area contributed by atoms with Crippen molar-refractivity contribution in [3.8, 4) is 0 Å². The van der Waals surface area contributed by atoms with E-state index in [1.54, 1.807) is 0 Å². The SMILES string of the molecule is CCC(CC)(CCCCOCCCCC(CC)(CC)CC(=O)O)COP(=O)(O)O. The predicted molar refractivity (Wildman–Crippen MR) is 115 cm³/mol. The van der Waals surface area contributed by atoms with Crippen molar-refractivity contribution in [1.29, 1.82) is 0 Å². The molecule has 3 N–H and O–H groups in total. The van der Waals surface area contributed by atoms with Gasteiger partial charge in [0.1, 0.15) is 0 Å². The van der Waals surface area contributed by atoms with E-state index in [1.807, 2.05) is 13.8 Å². The molecule has 0 saturated heterocycles. The molecule has 0 radical (unpaired) electrons. The highest BCUT2D eigenvalue weighted by atomic mass is 31.2. The molecule has 0 spiro atoms. The van der Waals surface area contributed by atoms with Crippen LogP contribution in [-0.2, 0) is 18.6 Å². The summed E-state index contributed by atoms with van der Waals surface area (Å²) < 4.78 is 21.5. The van der Waals surface area contributed by atoms with E-state index in [2.05, 4.69) is 13.8 Å². The van der Waals surface area contributed by atoms with Crippen molar-refractivity contribution in [3.63, 3.8) is 0 Å². The number of rotatable bonds is 19. The van der Waals surface area contributed by atoms with E-state index in [1.165, 1.54) is 0 Å². The third-order valence-corrected chi connectivity index (χ3v) is 7.02. The van der Waals surface area contributed by atoms with E-state index in [0.717, 1.165) is 64.2 Å². The molecule has 0 aliphatic carbocycles. The maximum atomic E-state index is 11.1. The monoisotopic (exact) mass is 438 g/mol. The lowest BCUT2D eigenvalue weighted by molar-refractivity contribution is -0.140. The molecule has 174 valence electrons. The number of carbonyl (C=O) groups is 1. The summed E-state index contributed by atoms with van der Waals surface area (Å²) in [4.78, 5) is 29.0. The molecule has 0 aromatic carbocycles. The summed E-state index contributed by atoms with van der Waals surface area (Å²) in [6, 6.07) is 0. The number of carboxylic acids is 1. The first kappa shape index (κ1) is 28.5.